The highest BCUT2D eigenvalue weighted by Gasteiger charge is 2.40. The van der Waals surface area contributed by atoms with Crippen LogP contribution in [0.1, 0.15) is 22.7 Å². The molecule has 0 spiro atoms. The number of aryl methyl sites for hydroxylation is 1. The molecule has 6 rings (SSSR count). The number of para-hydroxylation sites is 1. The molecule has 3 aromatic carbocycles. The number of rotatable bonds is 2. The second kappa shape index (κ2) is 6.91. The minimum atomic E-state index is -0.250. The quantitative estimate of drug-likeness (QED) is 0.424. The van der Waals surface area contributed by atoms with Crippen molar-refractivity contribution in [2.75, 3.05) is 6.61 Å². The molecule has 5 heteroatoms. The minimum Gasteiger partial charge on any atom is -0.492 e. The SMILES string of the molecule is Cc1ccc(-c2cc3n(n2)[C@@H](c2ccc(F)cc2)[C@H]2COc4ccccc4C2=N3)cc1. The van der Waals surface area contributed by atoms with Gasteiger partial charge in [0, 0.05) is 17.2 Å². The first-order valence-electron chi connectivity index (χ1n) is 10.4. The highest BCUT2D eigenvalue weighted by atomic mass is 19.1. The fraction of sp³-hybridized carbons (Fsp3) is 0.154. The summed E-state index contributed by atoms with van der Waals surface area (Å²) in [4.78, 5) is 5.03. The molecule has 3 heterocycles. The predicted octanol–water partition coefficient (Wildman–Crippen LogP) is 5.73. The summed E-state index contributed by atoms with van der Waals surface area (Å²) in [5, 5.41) is 4.94. The van der Waals surface area contributed by atoms with Gasteiger partial charge >= 0.3 is 0 Å². The zero-order valence-electron chi connectivity index (χ0n) is 17.0. The van der Waals surface area contributed by atoms with Crippen LogP contribution >= 0.6 is 0 Å². The lowest BCUT2D eigenvalue weighted by Gasteiger charge is -2.36. The Balaban J connectivity index is 1.55. The van der Waals surface area contributed by atoms with Gasteiger partial charge in [-0.3, -0.25) is 0 Å². The van der Waals surface area contributed by atoms with Crippen LogP contribution in [0.4, 0.5) is 10.2 Å². The molecule has 4 aromatic rings. The molecule has 0 saturated heterocycles. The molecule has 0 radical (unpaired) electrons. The van der Waals surface area contributed by atoms with Crippen molar-refractivity contribution in [3.8, 4) is 17.0 Å². The Morgan fingerprint density at radius 2 is 1.74 bits per heavy atom. The second-order valence-corrected chi connectivity index (χ2v) is 8.11. The number of hydrogen-bond acceptors (Lipinski definition) is 3. The molecular formula is C26H20FN3O. The monoisotopic (exact) mass is 409 g/mol. The Kier molecular flexibility index (Phi) is 4.03. The third-order valence-electron chi connectivity index (χ3n) is 6.09. The number of fused-ring (bicyclic) bond motifs is 4. The standard InChI is InChI=1S/C26H20FN3O/c1-16-6-8-17(9-7-16)22-14-24-28-25-20-4-2-3-5-23(20)31-15-21(25)26(30(24)29-22)18-10-12-19(27)13-11-18/h2-14,21,26H,15H2,1H3/t21-,26-/m0/s1. The number of halogens is 1. The summed E-state index contributed by atoms with van der Waals surface area (Å²) in [6.07, 6.45) is 0. The van der Waals surface area contributed by atoms with E-state index >= 15 is 0 Å². The molecule has 31 heavy (non-hydrogen) atoms. The lowest BCUT2D eigenvalue weighted by molar-refractivity contribution is 0.235. The van der Waals surface area contributed by atoms with E-state index in [4.69, 9.17) is 14.8 Å². The van der Waals surface area contributed by atoms with Crippen molar-refractivity contribution < 1.29 is 9.13 Å². The molecule has 2 atom stereocenters. The molecule has 2 aliphatic heterocycles. The van der Waals surface area contributed by atoms with E-state index in [-0.39, 0.29) is 17.8 Å². The fourth-order valence-corrected chi connectivity index (χ4v) is 4.51. The van der Waals surface area contributed by atoms with E-state index in [1.54, 1.807) is 0 Å². The van der Waals surface area contributed by atoms with Crippen LogP contribution in [0, 0.1) is 18.7 Å². The molecule has 0 amide bonds. The third kappa shape index (κ3) is 2.96. The molecule has 0 N–H and O–H groups in total. The Labute approximate surface area is 179 Å². The second-order valence-electron chi connectivity index (χ2n) is 8.11. The van der Waals surface area contributed by atoms with Gasteiger partial charge in [0.05, 0.1) is 30.0 Å². The summed E-state index contributed by atoms with van der Waals surface area (Å²) >= 11 is 0. The zero-order valence-corrected chi connectivity index (χ0v) is 17.0. The Bertz CT molecular complexity index is 1310. The molecule has 0 aliphatic carbocycles. The van der Waals surface area contributed by atoms with Crippen molar-refractivity contribution in [2.45, 2.75) is 13.0 Å². The summed E-state index contributed by atoms with van der Waals surface area (Å²) in [6, 6.07) is 24.9. The van der Waals surface area contributed by atoms with E-state index in [0.717, 1.165) is 39.7 Å². The van der Waals surface area contributed by atoms with E-state index in [1.165, 1.54) is 17.7 Å². The van der Waals surface area contributed by atoms with Gasteiger partial charge in [0.15, 0.2) is 5.82 Å². The normalized spacial score (nSPS) is 19.0. The Hall–Kier alpha value is -3.73. The first-order valence-corrected chi connectivity index (χ1v) is 10.4. The molecule has 1 aromatic heterocycles. The van der Waals surface area contributed by atoms with Gasteiger partial charge in [0.25, 0.3) is 0 Å². The van der Waals surface area contributed by atoms with E-state index in [1.807, 2.05) is 41.1 Å². The topological polar surface area (TPSA) is 39.4 Å². The molecule has 0 fully saturated rings. The minimum absolute atomic E-state index is 0.0152. The maximum atomic E-state index is 13.7. The van der Waals surface area contributed by atoms with Crippen LogP contribution < -0.4 is 4.74 Å². The van der Waals surface area contributed by atoms with Crippen LogP contribution in [0.5, 0.6) is 5.75 Å². The first kappa shape index (κ1) is 18.1. The Morgan fingerprint density at radius 1 is 0.968 bits per heavy atom. The Morgan fingerprint density at radius 3 is 2.55 bits per heavy atom. The first-order chi connectivity index (χ1) is 15.2. The molecule has 0 saturated carbocycles. The lowest BCUT2D eigenvalue weighted by atomic mass is 9.83. The van der Waals surface area contributed by atoms with Crippen molar-refractivity contribution in [1.82, 2.24) is 9.78 Å². The molecular weight excluding hydrogens is 389 g/mol. The van der Waals surface area contributed by atoms with E-state index in [2.05, 4.69) is 37.3 Å². The maximum absolute atomic E-state index is 13.7. The van der Waals surface area contributed by atoms with Gasteiger partial charge in [-0.1, -0.05) is 54.1 Å². The van der Waals surface area contributed by atoms with E-state index < -0.39 is 0 Å². The number of ether oxygens (including phenoxy) is 1. The maximum Gasteiger partial charge on any atom is 0.151 e. The molecule has 0 unspecified atom stereocenters. The predicted molar refractivity (Wildman–Crippen MR) is 119 cm³/mol. The average Bonchev–Trinajstić information content (AvgIpc) is 3.22. The lowest BCUT2D eigenvalue weighted by Crippen LogP contribution is -2.38. The largest absolute Gasteiger partial charge is 0.492 e. The number of aliphatic imine (C=N–C) groups is 1. The van der Waals surface area contributed by atoms with Crippen molar-refractivity contribution >= 4 is 11.5 Å². The highest BCUT2D eigenvalue weighted by molar-refractivity contribution is 6.07. The smallest absolute Gasteiger partial charge is 0.151 e. The van der Waals surface area contributed by atoms with Crippen molar-refractivity contribution in [3.63, 3.8) is 0 Å². The highest BCUT2D eigenvalue weighted by Crippen LogP contribution is 2.43. The van der Waals surface area contributed by atoms with Gasteiger partial charge in [0.1, 0.15) is 11.6 Å². The molecule has 152 valence electrons. The number of hydrogen-bond donors (Lipinski definition) is 0. The zero-order chi connectivity index (χ0) is 20.9. The fourth-order valence-electron chi connectivity index (χ4n) is 4.51. The number of benzene rings is 3. The summed E-state index contributed by atoms with van der Waals surface area (Å²) < 4.78 is 21.7. The van der Waals surface area contributed by atoms with Gasteiger partial charge in [-0.05, 0) is 36.8 Å². The molecule has 4 nitrogen and oxygen atoms in total. The van der Waals surface area contributed by atoms with E-state index in [0.29, 0.717) is 6.61 Å². The third-order valence-corrected chi connectivity index (χ3v) is 6.09. The summed E-state index contributed by atoms with van der Waals surface area (Å²) in [7, 11) is 0. The van der Waals surface area contributed by atoms with Crippen LogP contribution in [0.3, 0.4) is 0 Å². The van der Waals surface area contributed by atoms with Crippen LogP contribution in [0.2, 0.25) is 0 Å². The van der Waals surface area contributed by atoms with Crippen LogP contribution in [0.15, 0.2) is 83.9 Å². The van der Waals surface area contributed by atoms with Gasteiger partial charge in [-0.15, -0.1) is 0 Å². The van der Waals surface area contributed by atoms with Crippen LogP contribution in [0.25, 0.3) is 11.3 Å². The summed E-state index contributed by atoms with van der Waals surface area (Å²) in [6.45, 7) is 2.57. The van der Waals surface area contributed by atoms with Gasteiger partial charge in [-0.25, -0.2) is 14.1 Å². The van der Waals surface area contributed by atoms with Crippen molar-refractivity contribution in [1.29, 1.82) is 0 Å². The van der Waals surface area contributed by atoms with Crippen molar-refractivity contribution in [2.24, 2.45) is 10.9 Å². The number of nitrogens with zero attached hydrogens (tertiary/aromatic N) is 3. The van der Waals surface area contributed by atoms with Crippen LogP contribution in [-0.4, -0.2) is 22.1 Å². The van der Waals surface area contributed by atoms with Gasteiger partial charge < -0.3 is 4.74 Å². The van der Waals surface area contributed by atoms with Crippen LogP contribution in [-0.2, 0) is 0 Å². The van der Waals surface area contributed by atoms with Gasteiger partial charge in [-0.2, -0.15) is 5.10 Å². The van der Waals surface area contributed by atoms with E-state index in [9.17, 15) is 4.39 Å². The molecule has 0 bridgehead atoms. The number of aromatic nitrogens is 2. The summed E-state index contributed by atoms with van der Waals surface area (Å²) in [5.74, 6) is 1.38. The van der Waals surface area contributed by atoms with Gasteiger partial charge in [0.2, 0.25) is 0 Å². The summed E-state index contributed by atoms with van der Waals surface area (Å²) in [5.41, 5.74) is 6.12. The average molecular weight is 409 g/mol. The van der Waals surface area contributed by atoms with Crippen molar-refractivity contribution in [3.05, 3.63) is 101 Å². The molecule has 2 aliphatic rings.